The van der Waals surface area contributed by atoms with Crippen LogP contribution >= 0.6 is 0 Å². The number of aliphatic imine (C=N–C) groups is 2. The minimum atomic E-state index is -0.212. The fourth-order valence-electron chi connectivity index (χ4n) is 4.89. The Morgan fingerprint density at radius 2 is 1.91 bits per heavy atom. The number of nitrogens with zero attached hydrogens (tertiary/aromatic N) is 5. The Hall–Kier alpha value is -3.72. The number of rotatable bonds is 3. The predicted molar refractivity (Wildman–Crippen MR) is 128 cm³/mol. The van der Waals surface area contributed by atoms with Crippen LogP contribution in [0, 0.1) is 5.92 Å². The van der Waals surface area contributed by atoms with Gasteiger partial charge in [-0.1, -0.05) is 30.3 Å². The van der Waals surface area contributed by atoms with E-state index in [9.17, 15) is 4.79 Å². The summed E-state index contributed by atoms with van der Waals surface area (Å²) in [7, 11) is 0. The van der Waals surface area contributed by atoms with Crippen molar-refractivity contribution in [2.45, 2.75) is 12.2 Å². The molecule has 6 rings (SSSR count). The summed E-state index contributed by atoms with van der Waals surface area (Å²) >= 11 is 0. The third-order valence-corrected chi connectivity index (χ3v) is 6.56. The van der Waals surface area contributed by atoms with E-state index >= 15 is 0 Å². The number of fused-ring (bicyclic) bond motifs is 3. The molecule has 33 heavy (non-hydrogen) atoms. The van der Waals surface area contributed by atoms with Gasteiger partial charge in [0, 0.05) is 38.9 Å². The SMILES string of the molecule is O=C1NC[C@H](c2ccccc2)N2C1=CC1C=NC(Nc3ccc(N4CCNCC4)cn3)=NC12. The second-order valence-corrected chi connectivity index (χ2v) is 8.58. The third kappa shape index (κ3) is 3.74. The number of carbonyl (C=O) groups excluding carboxylic acids is 1. The van der Waals surface area contributed by atoms with Gasteiger partial charge in [-0.05, 0) is 23.8 Å². The normalized spacial score (nSPS) is 26.2. The van der Waals surface area contributed by atoms with Crippen molar-refractivity contribution in [3.05, 3.63) is 66.0 Å². The molecular formula is C24H26N8O. The third-order valence-electron chi connectivity index (χ3n) is 6.56. The van der Waals surface area contributed by atoms with Gasteiger partial charge in [0.15, 0.2) is 0 Å². The van der Waals surface area contributed by atoms with Gasteiger partial charge in [0.2, 0.25) is 5.96 Å². The molecule has 3 N–H and O–H groups in total. The first kappa shape index (κ1) is 19.9. The molecule has 0 saturated carbocycles. The lowest BCUT2D eigenvalue weighted by atomic mass is 10.0. The van der Waals surface area contributed by atoms with Crippen LogP contribution in [-0.4, -0.2) is 66.9 Å². The zero-order valence-electron chi connectivity index (χ0n) is 18.2. The lowest BCUT2D eigenvalue weighted by molar-refractivity contribution is -0.121. The maximum atomic E-state index is 12.6. The van der Waals surface area contributed by atoms with Gasteiger partial charge in [0.25, 0.3) is 5.91 Å². The summed E-state index contributed by atoms with van der Waals surface area (Å²) in [4.78, 5) is 31.0. The van der Waals surface area contributed by atoms with Gasteiger partial charge in [0.1, 0.15) is 17.7 Å². The van der Waals surface area contributed by atoms with Crippen LogP contribution in [-0.2, 0) is 4.79 Å². The van der Waals surface area contributed by atoms with E-state index in [0.29, 0.717) is 24.0 Å². The number of aromatic nitrogens is 1. The number of guanidine groups is 1. The van der Waals surface area contributed by atoms with Gasteiger partial charge in [-0.3, -0.25) is 4.79 Å². The van der Waals surface area contributed by atoms with Crippen molar-refractivity contribution in [2.75, 3.05) is 42.9 Å². The lowest BCUT2D eigenvalue weighted by Crippen LogP contribution is -2.50. The average Bonchev–Trinajstić information content (AvgIpc) is 3.26. The van der Waals surface area contributed by atoms with E-state index in [0.717, 1.165) is 37.4 Å². The number of anilines is 2. The molecule has 9 heteroatoms. The van der Waals surface area contributed by atoms with Crippen LogP contribution in [0.2, 0.25) is 0 Å². The molecule has 1 aromatic heterocycles. The summed E-state index contributed by atoms with van der Waals surface area (Å²) in [6, 6.07) is 14.3. The van der Waals surface area contributed by atoms with Crippen LogP contribution in [0.15, 0.2) is 70.4 Å². The van der Waals surface area contributed by atoms with E-state index < -0.39 is 0 Å². The molecule has 2 aromatic rings. The van der Waals surface area contributed by atoms with Gasteiger partial charge in [-0.2, -0.15) is 0 Å². The van der Waals surface area contributed by atoms with E-state index in [-0.39, 0.29) is 24.0 Å². The van der Waals surface area contributed by atoms with E-state index in [2.05, 4.69) is 53.9 Å². The Balaban J connectivity index is 1.22. The number of benzene rings is 1. The molecule has 0 spiro atoms. The van der Waals surface area contributed by atoms with Crippen molar-refractivity contribution in [2.24, 2.45) is 15.9 Å². The number of nitrogens with one attached hydrogen (secondary N) is 3. The molecule has 1 aromatic carbocycles. The van der Waals surface area contributed by atoms with Crippen molar-refractivity contribution in [1.29, 1.82) is 0 Å². The number of hydrogen-bond acceptors (Lipinski definition) is 8. The molecule has 0 radical (unpaired) electrons. The smallest absolute Gasteiger partial charge is 0.267 e. The van der Waals surface area contributed by atoms with Crippen molar-refractivity contribution < 1.29 is 4.79 Å². The minimum Gasteiger partial charge on any atom is -0.368 e. The highest BCUT2D eigenvalue weighted by Gasteiger charge is 2.44. The fraction of sp³-hybridized carbons (Fsp3) is 0.333. The second-order valence-electron chi connectivity index (χ2n) is 8.58. The first-order valence-electron chi connectivity index (χ1n) is 11.4. The van der Waals surface area contributed by atoms with Crippen LogP contribution in [0.1, 0.15) is 11.6 Å². The number of hydrogen-bond donors (Lipinski definition) is 3. The quantitative estimate of drug-likeness (QED) is 0.664. The van der Waals surface area contributed by atoms with E-state index in [1.807, 2.05) is 42.8 Å². The number of piperazine rings is 2. The molecule has 4 aliphatic rings. The zero-order valence-corrected chi connectivity index (χ0v) is 18.2. The highest BCUT2D eigenvalue weighted by Crippen LogP contribution is 2.39. The standard InChI is InChI=1S/C24H26N8O/c33-23-19-12-17-13-28-24(29-21-7-6-18(14-26-21)31-10-8-25-9-11-31)30-22(17)32(19)20(15-27-23)16-4-2-1-3-5-16/h1-7,12-14,17,20,22,25H,8-11,15H2,(H,27,33)(H,26,29,30)/t17?,20-,22?/m1/s1. The van der Waals surface area contributed by atoms with Gasteiger partial charge >= 0.3 is 0 Å². The molecule has 168 valence electrons. The van der Waals surface area contributed by atoms with Crippen molar-refractivity contribution in [3.63, 3.8) is 0 Å². The van der Waals surface area contributed by atoms with Crippen molar-refractivity contribution >= 4 is 29.6 Å². The highest BCUT2D eigenvalue weighted by molar-refractivity contribution is 6.01. The van der Waals surface area contributed by atoms with Crippen LogP contribution in [0.3, 0.4) is 0 Å². The molecule has 4 aliphatic heterocycles. The maximum Gasteiger partial charge on any atom is 0.267 e. The van der Waals surface area contributed by atoms with Crippen LogP contribution < -0.4 is 20.9 Å². The fourth-order valence-corrected chi connectivity index (χ4v) is 4.89. The number of amides is 1. The van der Waals surface area contributed by atoms with Crippen LogP contribution in [0.25, 0.3) is 0 Å². The Kier molecular flexibility index (Phi) is 5.03. The Morgan fingerprint density at radius 1 is 1.06 bits per heavy atom. The molecule has 0 aliphatic carbocycles. The van der Waals surface area contributed by atoms with E-state index in [1.165, 1.54) is 0 Å². The maximum absolute atomic E-state index is 12.6. The molecule has 5 heterocycles. The number of pyridine rings is 1. The lowest BCUT2D eigenvalue weighted by Gasteiger charge is -2.40. The van der Waals surface area contributed by atoms with Crippen LogP contribution in [0.4, 0.5) is 11.5 Å². The van der Waals surface area contributed by atoms with Crippen molar-refractivity contribution in [3.8, 4) is 0 Å². The Bertz CT molecular complexity index is 1120. The van der Waals surface area contributed by atoms with Gasteiger partial charge < -0.3 is 25.8 Å². The van der Waals surface area contributed by atoms with Gasteiger partial charge in [-0.15, -0.1) is 0 Å². The summed E-state index contributed by atoms with van der Waals surface area (Å²) in [6.07, 6.45) is 5.52. The Morgan fingerprint density at radius 3 is 2.70 bits per heavy atom. The summed E-state index contributed by atoms with van der Waals surface area (Å²) in [5.41, 5.74) is 2.94. The molecule has 0 bridgehead atoms. The van der Waals surface area contributed by atoms with E-state index in [1.54, 1.807) is 0 Å². The zero-order chi connectivity index (χ0) is 22.2. The van der Waals surface area contributed by atoms with Gasteiger partial charge in [0.05, 0.1) is 23.8 Å². The first-order chi connectivity index (χ1) is 16.3. The largest absolute Gasteiger partial charge is 0.368 e. The molecule has 2 fully saturated rings. The molecule has 3 atom stereocenters. The van der Waals surface area contributed by atoms with Crippen LogP contribution in [0.5, 0.6) is 0 Å². The summed E-state index contributed by atoms with van der Waals surface area (Å²) in [5.74, 6) is 1.11. The monoisotopic (exact) mass is 442 g/mol. The van der Waals surface area contributed by atoms with Crippen molar-refractivity contribution in [1.82, 2.24) is 20.5 Å². The average molecular weight is 443 g/mol. The predicted octanol–water partition coefficient (Wildman–Crippen LogP) is 1.36. The first-order valence-corrected chi connectivity index (χ1v) is 11.4. The number of carbonyl (C=O) groups is 1. The minimum absolute atomic E-state index is 0.0260. The molecule has 2 unspecified atom stereocenters. The van der Waals surface area contributed by atoms with E-state index in [4.69, 9.17) is 4.99 Å². The molecule has 1 amide bonds. The molecular weight excluding hydrogens is 416 g/mol. The van der Waals surface area contributed by atoms with Gasteiger partial charge in [-0.25, -0.2) is 15.0 Å². The summed E-state index contributed by atoms with van der Waals surface area (Å²) in [5, 5.41) is 9.63. The topological polar surface area (TPSA) is 97.2 Å². The molecule has 9 nitrogen and oxygen atoms in total. The summed E-state index contributed by atoms with van der Waals surface area (Å²) in [6.45, 7) is 4.49. The second kappa shape index (κ2) is 8.32. The Labute approximate surface area is 192 Å². The highest BCUT2D eigenvalue weighted by atomic mass is 16.2. The summed E-state index contributed by atoms with van der Waals surface area (Å²) < 4.78 is 0. The molecule has 2 saturated heterocycles.